The van der Waals surface area contributed by atoms with E-state index in [4.69, 9.17) is 0 Å². The average Bonchev–Trinajstić information content (AvgIpc) is 3.52. The molecule has 0 bridgehead atoms. The van der Waals surface area contributed by atoms with Crippen molar-refractivity contribution in [1.82, 2.24) is 14.8 Å². The molecular formula is C30H34N4O2. The summed E-state index contributed by atoms with van der Waals surface area (Å²) in [6.45, 7) is 7.17. The van der Waals surface area contributed by atoms with Gasteiger partial charge in [0.25, 0.3) is 0 Å². The Labute approximate surface area is 212 Å². The van der Waals surface area contributed by atoms with Gasteiger partial charge in [0.2, 0.25) is 5.91 Å². The van der Waals surface area contributed by atoms with Crippen LogP contribution >= 0.6 is 0 Å². The van der Waals surface area contributed by atoms with Crippen LogP contribution in [0.5, 0.6) is 5.75 Å². The Bertz CT molecular complexity index is 1380. The number of para-hydroxylation sites is 1. The molecule has 0 saturated carbocycles. The van der Waals surface area contributed by atoms with Gasteiger partial charge in [0.1, 0.15) is 5.75 Å². The molecule has 0 radical (unpaired) electrons. The maximum atomic E-state index is 13.5. The fourth-order valence-electron chi connectivity index (χ4n) is 7.93. The lowest BCUT2D eigenvalue weighted by atomic mass is 9.68. The van der Waals surface area contributed by atoms with Crippen LogP contribution in [-0.2, 0) is 16.6 Å². The van der Waals surface area contributed by atoms with Crippen molar-refractivity contribution >= 4 is 22.5 Å². The SMILES string of the molecule is C=C[C@H]1CN2CC[C@@]3(C(=O)Nc4cc(O)ccc43)C2C[C@@H]1C[C@H]1c2[nH]c3ccccc3c2CCN1C. The van der Waals surface area contributed by atoms with Gasteiger partial charge in [0.15, 0.2) is 0 Å². The molecule has 4 aliphatic heterocycles. The second-order valence-electron chi connectivity index (χ2n) is 11.4. The number of aromatic nitrogens is 1. The molecule has 1 amide bonds. The number of piperidine rings is 1. The number of nitrogens with one attached hydrogen (secondary N) is 2. The summed E-state index contributed by atoms with van der Waals surface area (Å²) in [6.07, 6.45) is 6.09. The highest BCUT2D eigenvalue weighted by Gasteiger charge is 2.59. The Morgan fingerprint density at radius 1 is 1.22 bits per heavy atom. The first-order valence-corrected chi connectivity index (χ1v) is 13.3. The number of hydrogen-bond acceptors (Lipinski definition) is 4. The summed E-state index contributed by atoms with van der Waals surface area (Å²) >= 11 is 0. The number of H-pyrrole nitrogens is 1. The molecule has 36 heavy (non-hydrogen) atoms. The van der Waals surface area contributed by atoms with Gasteiger partial charge >= 0.3 is 0 Å². The highest BCUT2D eigenvalue weighted by Crippen LogP contribution is 2.54. The first kappa shape index (κ1) is 22.1. The predicted molar refractivity (Wildman–Crippen MR) is 142 cm³/mol. The van der Waals surface area contributed by atoms with Crippen molar-refractivity contribution in [3.05, 3.63) is 71.9 Å². The summed E-state index contributed by atoms with van der Waals surface area (Å²) in [7, 11) is 2.25. The summed E-state index contributed by atoms with van der Waals surface area (Å²) in [6, 6.07) is 14.6. The van der Waals surface area contributed by atoms with E-state index in [-0.39, 0.29) is 17.7 Å². The van der Waals surface area contributed by atoms with Gasteiger partial charge in [0, 0.05) is 47.5 Å². The van der Waals surface area contributed by atoms with E-state index >= 15 is 0 Å². The van der Waals surface area contributed by atoms with Gasteiger partial charge in [-0.2, -0.15) is 0 Å². The summed E-state index contributed by atoms with van der Waals surface area (Å²) < 4.78 is 0. The summed E-state index contributed by atoms with van der Waals surface area (Å²) in [4.78, 5) is 22.3. The van der Waals surface area contributed by atoms with Crippen molar-refractivity contribution in [1.29, 1.82) is 0 Å². The van der Waals surface area contributed by atoms with E-state index in [1.54, 1.807) is 12.1 Å². The van der Waals surface area contributed by atoms with Crippen LogP contribution in [0.3, 0.4) is 0 Å². The number of amides is 1. The summed E-state index contributed by atoms with van der Waals surface area (Å²) in [5.41, 5.74) is 5.38. The van der Waals surface area contributed by atoms with Crippen molar-refractivity contribution in [2.24, 2.45) is 11.8 Å². The molecule has 6 heteroatoms. The lowest BCUT2D eigenvalue weighted by Crippen LogP contribution is -2.53. The maximum Gasteiger partial charge on any atom is 0.236 e. The fourth-order valence-corrected chi connectivity index (χ4v) is 7.93. The Hall–Kier alpha value is -3.09. The number of aromatic hydroxyl groups is 1. The molecule has 5 atom stereocenters. The number of carbonyl (C=O) groups excluding carboxylic acids is 1. The van der Waals surface area contributed by atoms with E-state index in [1.165, 1.54) is 22.2 Å². The van der Waals surface area contributed by atoms with Crippen LogP contribution in [0.25, 0.3) is 10.9 Å². The number of phenolic OH excluding ortho intramolecular Hbond substituents is 1. The summed E-state index contributed by atoms with van der Waals surface area (Å²) in [5, 5.41) is 14.5. The molecule has 2 saturated heterocycles. The Kier molecular flexibility index (Phi) is 4.89. The maximum absolute atomic E-state index is 13.5. The van der Waals surface area contributed by atoms with Gasteiger partial charge in [-0.15, -0.1) is 6.58 Å². The lowest BCUT2D eigenvalue weighted by molar-refractivity contribution is -0.122. The van der Waals surface area contributed by atoms with Crippen LogP contribution in [0.1, 0.15) is 42.1 Å². The molecule has 6 nitrogen and oxygen atoms in total. The second kappa shape index (κ2) is 7.95. The van der Waals surface area contributed by atoms with Crippen molar-refractivity contribution in [3.8, 4) is 5.75 Å². The molecule has 2 aromatic carbocycles. The van der Waals surface area contributed by atoms with Crippen LogP contribution in [-0.4, -0.2) is 58.5 Å². The standard InChI is InChI=1S/C30H34N4O2/c1-3-18-17-34-13-11-30(23-9-8-20(35)16-25(23)32-29(30)36)27(34)15-19(18)14-26-28-22(10-12-33(26)2)21-6-4-5-7-24(21)31-28/h3-9,16,18-19,26-27,31,35H,1,10-15,17H2,2H3,(H,32,36)/t18-,19-,26-,27?,30-/m0/s1. The fraction of sp³-hybridized carbons (Fsp3) is 0.433. The third-order valence-corrected chi connectivity index (χ3v) is 9.77. The Morgan fingerprint density at radius 2 is 2.08 bits per heavy atom. The first-order chi connectivity index (χ1) is 17.5. The van der Waals surface area contributed by atoms with E-state index in [1.807, 2.05) is 6.07 Å². The average molecular weight is 483 g/mol. The molecule has 1 unspecified atom stereocenters. The molecule has 4 aliphatic rings. The quantitative estimate of drug-likeness (QED) is 0.478. The topological polar surface area (TPSA) is 71.6 Å². The highest BCUT2D eigenvalue weighted by atomic mass is 16.3. The number of fused-ring (bicyclic) bond motifs is 7. The van der Waals surface area contributed by atoms with Gasteiger partial charge in [-0.25, -0.2) is 0 Å². The number of phenols is 1. The van der Waals surface area contributed by atoms with Gasteiger partial charge in [-0.3, -0.25) is 14.6 Å². The minimum Gasteiger partial charge on any atom is -0.508 e. The van der Waals surface area contributed by atoms with E-state index in [2.05, 4.69) is 64.1 Å². The predicted octanol–water partition coefficient (Wildman–Crippen LogP) is 4.58. The molecule has 0 aliphatic carbocycles. The van der Waals surface area contributed by atoms with Crippen molar-refractivity contribution < 1.29 is 9.90 Å². The third-order valence-electron chi connectivity index (χ3n) is 9.77. The van der Waals surface area contributed by atoms with Crippen LogP contribution in [0.4, 0.5) is 5.69 Å². The number of carbonyl (C=O) groups is 1. The van der Waals surface area contributed by atoms with E-state index in [9.17, 15) is 9.90 Å². The number of rotatable bonds is 3. The second-order valence-corrected chi connectivity index (χ2v) is 11.4. The Balaban J connectivity index is 1.24. The molecule has 1 spiro atoms. The van der Waals surface area contributed by atoms with Crippen molar-refractivity contribution in [2.75, 3.05) is 32.0 Å². The summed E-state index contributed by atoms with van der Waals surface area (Å²) in [5.74, 6) is 1.14. The van der Waals surface area contributed by atoms with Crippen molar-refractivity contribution in [2.45, 2.75) is 43.2 Å². The van der Waals surface area contributed by atoms with Gasteiger partial charge in [0.05, 0.1) is 11.5 Å². The molecular weight excluding hydrogens is 448 g/mol. The zero-order valence-electron chi connectivity index (χ0n) is 20.8. The van der Waals surface area contributed by atoms with Crippen LogP contribution in [0.2, 0.25) is 0 Å². The number of nitrogens with zero attached hydrogens (tertiary/aromatic N) is 2. The molecule has 2 fully saturated rings. The molecule has 7 rings (SSSR count). The van der Waals surface area contributed by atoms with Crippen LogP contribution < -0.4 is 5.32 Å². The normalized spacial score (nSPS) is 31.9. The number of likely N-dealkylation sites (N-methyl/N-ethyl adjacent to an activating group) is 1. The third kappa shape index (κ3) is 3.01. The van der Waals surface area contributed by atoms with Gasteiger partial charge < -0.3 is 15.4 Å². The van der Waals surface area contributed by atoms with E-state index < -0.39 is 5.41 Å². The molecule has 3 N–H and O–H groups in total. The molecule has 186 valence electrons. The largest absolute Gasteiger partial charge is 0.508 e. The minimum absolute atomic E-state index is 0.0964. The lowest BCUT2D eigenvalue weighted by Gasteiger charge is -2.46. The zero-order valence-corrected chi connectivity index (χ0v) is 20.8. The highest BCUT2D eigenvalue weighted by molar-refractivity contribution is 6.07. The first-order valence-electron chi connectivity index (χ1n) is 13.3. The van der Waals surface area contributed by atoms with Gasteiger partial charge in [-0.1, -0.05) is 30.3 Å². The minimum atomic E-state index is -0.530. The van der Waals surface area contributed by atoms with Crippen LogP contribution in [0, 0.1) is 11.8 Å². The molecule has 1 aromatic heterocycles. The van der Waals surface area contributed by atoms with E-state index in [0.29, 0.717) is 17.9 Å². The Morgan fingerprint density at radius 3 is 2.94 bits per heavy atom. The van der Waals surface area contributed by atoms with Gasteiger partial charge in [-0.05, 0) is 74.4 Å². The number of benzene rings is 2. The zero-order chi connectivity index (χ0) is 24.6. The van der Waals surface area contributed by atoms with E-state index in [0.717, 1.165) is 56.6 Å². The molecule has 5 heterocycles. The monoisotopic (exact) mass is 482 g/mol. The number of aromatic amines is 1. The number of hydrogen-bond donors (Lipinski definition) is 3. The number of anilines is 1. The van der Waals surface area contributed by atoms with Crippen LogP contribution in [0.15, 0.2) is 55.1 Å². The van der Waals surface area contributed by atoms with Crippen molar-refractivity contribution in [3.63, 3.8) is 0 Å². The smallest absolute Gasteiger partial charge is 0.236 e. The molecule has 3 aromatic rings.